The second-order valence-corrected chi connectivity index (χ2v) is 4.59. The molecule has 0 amide bonds. The first-order valence-corrected chi connectivity index (χ1v) is 6.42. The van der Waals surface area contributed by atoms with Crippen molar-refractivity contribution in [2.75, 3.05) is 0 Å². The molecule has 0 aliphatic carbocycles. The second kappa shape index (κ2) is 5.30. The van der Waals surface area contributed by atoms with Gasteiger partial charge in [-0.25, -0.2) is 0 Å². The summed E-state index contributed by atoms with van der Waals surface area (Å²) < 4.78 is 10.6. The minimum Gasteiger partial charge on any atom is -0.461 e. The van der Waals surface area contributed by atoms with Crippen molar-refractivity contribution >= 4 is 0 Å². The molecule has 0 aliphatic heterocycles. The maximum atomic E-state index is 5.72. The number of hydrogen-bond acceptors (Lipinski definition) is 5. The Hall–Kier alpha value is -2.40. The summed E-state index contributed by atoms with van der Waals surface area (Å²) in [5.41, 5.74) is 8.89. The van der Waals surface area contributed by atoms with Crippen LogP contribution in [0.5, 0.6) is 0 Å². The van der Waals surface area contributed by atoms with Crippen LogP contribution in [-0.2, 0) is 13.0 Å². The molecule has 5 nitrogen and oxygen atoms in total. The summed E-state index contributed by atoms with van der Waals surface area (Å²) in [5.74, 6) is 1.68. The maximum absolute atomic E-state index is 5.72. The van der Waals surface area contributed by atoms with Crippen LogP contribution < -0.4 is 5.73 Å². The zero-order valence-corrected chi connectivity index (χ0v) is 11.2. The van der Waals surface area contributed by atoms with Crippen molar-refractivity contribution in [3.63, 3.8) is 0 Å². The van der Waals surface area contributed by atoms with Gasteiger partial charge in [-0.05, 0) is 29.7 Å². The molecule has 0 bridgehead atoms. The smallest absolute Gasteiger partial charge is 0.238 e. The normalized spacial score (nSPS) is 10.9. The predicted octanol–water partition coefficient (Wildman–Crippen LogP) is 2.69. The lowest BCUT2D eigenvalue weighted by Crippen LogP contribution is -2.02. The largest absolute Gasteiger partial charge is 0.461 e. The van der Waals surface area contributed by atoms with Gasteiger partial charge in [0, 0.05) is 6.54 Å². The van der Waals surface area contributed by atoms with Crippen LogP contribution in [0.25, 0.3) is 11.6 Å². The van der Waals surface area contributed by atoms with E-state index >= 15 is 0 Å². The molecule has 20 heavy (non-hydrogen) atoms. The average Bonchev–Trinajstić information content (AvgIpc) is 3.08. The van der Waals surface area contributed by atoms with Crippen LogP contribution in [0.3, 0.4) is 0 Å². The summed E-state index contributed by atoms with van der Waals surface area (Å²) in [6.45, 7) is 2.44. The number of benzene rings is 1. The van der Waals surface area contributed by atoms with Crippen LogP contribution in [-0.4, -0.2) is 10.1 Å². The number of aromatic nitrogens is 2. The van der Waals surface area contributed by atoms with E-state index in [1.807, 2.05) is 37.3 Å². The fraction of sp³-hybridized carbons (Fsp3) is 0.200. The summed E-state index contributed by atoms with van der Waals surface area (Å²) in [4.78, 5) is 4.37. The van der Waals surface area contributed by atoms with Crippen LogP contribution >= 0.6 is 0 Å². The van der Waals surface area contributed by atoms with Crippen LogP contribution in [0.15, 0.2) is 45.5 Å². The summed E-state index contributed by atoms with van der Waals surface area (Å²) in [5, 5.41) is 3.96. The lowest BCUT2D eigenvalue weighted by molar-refractivity contribution is 0.384. The molecule has 0 fully saturated rings. The van der Waals surface area contributed by atoms with Crippen molar-refractivity contribution in [2.45, 2.75) is 19.9 Å². The second-order valence-electron chi connectivity index (χ2n) is 4.59. The molecular weight excluding hydrogens is 254 g/mol. The van der Waals surface area contributed by atoms with E-state index in [1.54, 1.807) is 6.26 Å². The highest BCUT2D eigenvalue weighted by Crippen LogP contribution is 2.22. The number of nitrogens with two attached hydrogens (primary N) is 1. The number of aryl methyl sites for hydroxylation is 1. The molecule has 0 atom stereocenters. The third kappa shape index (κ3) is 2.35. The molecule has 1 aromatic carbocycles. The third-order valence-electron chi connectivity index (χ3n) is 3.21. The van der Waals surface area contributed by atoms with Gasteiger partial charge >= 0.3 is 0 Å². The summed E-state index contributed by atoms with van der Waals surface area (Å²) >= 11 is 0. The van der Waals surface area contributed by atoms with E-state index < -0.39 is 0 Å². The first-order valence-electron chi connectivity index (χ1n) is 6.42. The van der Waals surface area contributed by atoms with Gasteiger partial charge in [-0.2, -0.15) is 4.98 Å². The predicted molar refractivity (Wildman–Crippen MR) is 73.9 cm³/mol. The molecule has 0 unspecified atom stereocenters. The van der Waals surface area contributed by atoms with Crippen molar-refractivity contribution < 1.29 is 8.94 Å². The van der Waals surface area contributed by atoms with Gasteiger partial charge in [0.05, 0.1) is 12.7 Å². The van der Waals surface area contributed by atoms with Crippen molar-refractivity contribution in [1.29, 1.82) is 0 Å². The van der Waals surface area contributed by atoms with E-state index in [1.165, 1.54) is 0 Å². The van der Waals surface area contributed by atoms with Gasteiger partial charge in [0.1, 0.15) is 0 Å². The fourth-order valence-corrected chi connectivity index (χ4v) is 2.11. The number of furan rings is 1. The molecule has 2 heterocycles. The average molecular weight is 269 g/mol. The number of nitrogens with zero attached hydrogens (tertiary/aromatic N) is 2. The van der Waals surface area contributed by atoms with Crippen molar-refractivity contribution in [2.24, 2.45) is 5.73 Å². The Kier molecular flexibility index (Phi) is 3.35. The highest BCUT2D eigenvalue weighted by atomic mass is 16.5. The van der Waals surface area contributed by atoms with E-state index in [9.17, 15) is 0 Å². The van der Waals surface area contributed by atoms with E-state index in [-0.39, 0.29) is 0 Å². The lowest BCUT2D eigenvalue weighted by atomic mass is 10.0. The van der Waals surface area contributed by atoms with Gasteiger partial charge in [0.15, 0.2) is 5.76 Å². The van der Waals surface area contributed by atoms with E-state index in [4.69, 9.17) is 14.7 Å². The third-order valence-corrected chi connectivity index (χ3v) is 3.21. The molecule has 5 heteroatoms. The van der Waals surface area contributed by atoms with E-state index in [0.29, 0.717) is 30.4 Å². The Morgan fingerprint density at radius 3 is 2.65 bits per heavy atom. The summed E-state index contributed by atoms with van der Waals surface area (Å²) in [6.07, 6.45) is 2.19. The molecule has 0 saturated carbocycles. The van der Waals surface area contributed by atoms with E-state index in [0.717, 1.165) is 16.7 Å². The number of hydrogen-bond donors (Lipinski definition) is 1. The van der Waals surface area contributed by atoms with Crippen LogP contribution in [0.2, 0.25) is 0 Å². The molecular formula is C15H15N3O2. The highest BCUT2D eigenvalue weighted by molar-refractivity contribution is 5.51. The van der Waals surface area contributed by atoms with Gasteiger partial charge in [-0.1, -0.05) is 29.4 Å². The molecule has 2 aromatic heterocycles. The molecule has 0 spiro atoms. The Balaban J connectivity index is 1.86. The van der Waals surface area contributed by atoms with Gasteiger partial charge < -0.3 is 14.7 Å². The zero-order valence-electron chi connectivity index (χ0n) is 11.2. The molecule has 2 N–H and O–H groups in total. The van der Waals surface area contributed by atoms with Crippen molar-refractivity contribution in [3.8, 4) is 11.6 Å². The van der Waals surface area contributed by atoms with Crippen LogP contribution in [0.4, 0.5) is 0 Å². The molecule has 0 radical (unpaired) electrons. The molecule has 0 saturated heterocycles. The minimum atomic E-state index is 0.479. The molecule has 102 valence electrons. The van der Waals surface area contributed by atoms with E-state index in [2.05, 4.69) is 10.1 Å². The van der Waals surface area contributed by atoms with Gasteiger partial charge in [0.25, 0.3) is 0 Å². The Morgan fingerprint density at radius 1 is 1.15 bits per heavy atom. The maximum Gasteiger partial charge on any atom is 0.238 e. The summed E-state index contributed by atoms with van der Waals surface area (Å²) in [6, 6.07) is 9.84. The van der Waals surface area contributed by atoms with Crippen molar-refractivity contribution in [3.05, 3.63) is 59.2 Å². The standard InChI is InChI=1S/C15H15N3O2/c1-10-6-7-19-14(10)15-17-13(20-18-15)8-11-4-2-3-5-12(11)9-16/h2-7H,8-9,16H2,1H3. The monoisotopic (exact) mass is 269 g/mol. The van der Waals surface area contributed by atoms with Crippen LogP contribution in [0.1, 0.15) is 22.6 Å². The highest BCUT2D eigenvalue weighted by Gasteiger charge is 2.14. The first-order chi connectivity index (χ1) is 9.78. The number of rotatable bonds is 4. The van der Waals surface area contributed by atoms with Crippen LogP contribution in [0, 0.1) is 6.92 Å². The fourth-order valence-electron chi connectivity index (χ4n) is 2.11. The zero-order chi connectivity index (χ0) is 13.9. The van der Waals surface area contributed by atoms with Gasteiger partial charge in [-0.3, -0.25) is 0 Å². The Labute approximate surface area is 116 Å². The summed E-state index contributed by atoms with van der Waals surface area (Å²) in [7, 11) is 0. The molecule has 0 aliphatic rings. The quantitative estimate of drug-likeness (QED) is 0.787. The van der Waals surface area contributed by atoms with Gasteiger partial charge in [-0.15, -0.1) is 0 Å². The Bertz CT molecular complexity index is 715. The van der Waals surface area contributed by atoms with Crippen molar-refractivity contribution in [1.82, 2.24) is 10.1 Å². The first kappa shape index (κ1) is 12.6. The topological polar surface area (TPSA) is 78.1 Å². The molecule has 3 rings (SSSR count). The minimum absolute atomic E-state index is 0.479. The SMILES string of the molecule is Cc1ccoc1-c1noc(Cc2ccccc2CN)n1. The molecule has 3 aromatic rings. The van der Waals surface area contributed by atoms with Gasteiger partial charge in [0.2, 0.25) is 11.7 Å². The lowest BCUT2D eigenvalue weighted by Gasteiger charge is -2.03. The Morgan fingerprint density at radius 2 is 1.95 bits per heavy atom.